The Bertz CT molecular complexity index is 528. The van der Waals surface area contributed by atoms with E-state index in [0.29, 0.717) is 11.4 Å². The molecule has 1 aromatic heterocycles. The number of fused-ring (bicyclic) bond motifs is 2. The van der Waals surface area contributed by atoms with Gasteiger partial charge in [0.05, 0.1) is 0 Å². The Morgan fingerprint density at radius 1 is 1.22 bits per heavy atom. The molecule has 3 rings (SSSR count). The summed E-state index contributed by atoms with van der Waals surface area (Å²) in [6.07, 6.45) is 2.19. The smallest absolute Gasteiger partial charge is 0.345 e. The van der Waals surface area contributed by atoms with E-state index < -0.39 is 5.97 Å². The number of imide groups is 1. The number of anilines is 1. The first-order chi connectivity index (χ1) is 8.58. The highest BCUT2D eigenvalue weighted by Crippen LogP contribution is 2.41. The lowest BCUT2D eigenvalue weighted by molar-refractivity contribution is -0.132. The van der Waals surface area contributed by atoms with Gasteiger partial charge in [-0.1, -0.05) is 0 Å². The molecule has 1 saturated heterocycles. The quantitative estimate of drug-likeness (QED) is 0.826. The van der Waals surface area contributed by atoms with E-state index in [0.717, 1.165) is 24.2 Å². The van der Waals surface area contributed by atoms with Gasteiger partial charge in [-0.15, -0.1) is 11.3 Å². The van der Waals surface area contributed by atoms with Gasteiger partial charge in [0.1, 0.15) is 9.88 Å². The second-order valence-corrected chi connectivity index (χ2v) is 5.72. The van der Waals surface area contributed by atoms with Crippen molar-refractivity contribution in [1.82, 2.24) is 0 Å². The van der Waals surface area contributed by atoms with Crippen molar-refractivity contribution < 1.29 is 19.5 Å². The number of nitrogens with zero attached hydrogens (tertiary/aromatic N) is 1. The van der Waals surface area contributed by atoms with Crippen LogP contribution >= 0.6 is 11.3 Å². The van der Waals surface area contributed by atoms with Gasteiger partial charge in [-0.05, 0) is 31.4 Å². The lowest BCUT2D eigenvalue weighted by Gasteiger charge is -2.28. The number of rotatable bonds is 2. The maximum Gasteiger partial charge on any atom is 0.345 e. The number of aromatic carboxylic acids is 1. The van der Waals surface area contributed by atoms with Crippen LogP contribution in [0.1, 0.15) is 28.9 Å². The Kier molecular flexibility index (Phi) is 2.48. The van der Waals surface area contributed by atoms with Crippen LogP contribution in [0.15, 0.2) is 12.1 Å². The third-order valence-electron chi connectivity index (χ3n) is 3.59. The molecule has 1 N–H and O–H groups in total. The molecule has 0 aromatic carbocycles. The lowest BCUT2D eigenvalue weighted by atomic mass is 9.97. The molecule has 2 fully saturated rings. The summed E-state index contributed by atoms with van der Waals surface area (Å²) in [7, 11) is 0. The van der Waals surface area contributed by atoms with Crippen LogP contribution in [0.4, 0.5) is 5.00 Å². The maximum absolute atomic E-state index is 12.1. The van der Waals surface area contributed by atoms with Crippen LogP contribution in [0.3, 0.4) is 0 Å². The third kappa shape index (κ3) is 1.56. The Hall–Kier alpha value is -1.69. The van der Waals surface area contributed by atoms with Crippen LogP contribution in [0.5, 0.6) is 0 Å². The first-order valence-corrected chi connectivity index (χ1v) is 6.60. The zero-order valence-electron chi connectivity index (χ0n) is 9.46. The molecule has 2 amide bonds. The van der Waals surface area contributed by atoms with Gasteiger partial charge < -0.3 is 5.11 Å². The molecule has 2 aliphatic rings. The topological polar surface area (TPSA) is 74.7 Å². The predicted molar refractivity (Wildman–Crippen MR) is 64.6 cm³/mol. The summed E-state index contributed by atoms with van der Waals surface area (Å²) in [5, 5.41) is 9.30. The van der Waals surface area contributed by atoms with Gasteiger partial charge in [-0.25, -0.2) is 9.69 Å². The largest absolute Gasteiger partial charge is 0.477 e. The van der Waals surface area contributed by atoms with E-state index in [4.69, 9.17) is 5.11 Å². The summed E-state index contributed by atoms with van der Waals surface area (Å²) in [5.41, 5.74) is 0. The highest BCUT2D eigenvalue weighted by Gasteiger charge is 2.46. The van der Waals surface area contributed by atoms with Crippen LogP contribution in [0, 0.1) is 11.8 Å². The average Bonchev–Trinajstić information content (AvgIpc) is 2.95. The molecule has 1 aliphatic carbocycles. The molecule has 1 saturated carbocycles. The van der Waals surface area contributed by atoms with E-state index in [-0.39, 0.29) is 28.5 Å². The Labute approximate surface area is 107 Å². The van der Waals surface area contributed by atoms with Gasteiger partial charge in [-0.2, -0.15) is 0 Å². The average molecular weight is 265 g/mol. The minimum atomic E-state index is -1.04. The van der Waals surface area contributed by atoms with E-state index in [2.05, 4.69) is 0 Å². The van der Waals surface area contributed by atoms with Gasteiger partial charge in [0, 0.05) is 11.8 Å². The lowest BCUT2D eigenvalue weighted by Crippen LogP contribution is -2.46. The van der Waals surface area contributed by atoms with Crippen molar-refractivity contribution in [2.75, 3.05) is 4.90 Å². The number of piperidine rings is 1. The Morgan fingerprint density at radius 3 is 2.33 bits per heavy atom. The predicted octanol–water partition coefficient (Wildman–Crippen LogP) is 1.74. The summed E-state index contributed by atoms with van der Waals surface area (Å²) >= 11 is 0.972. The third-order valence-corrected chi connectivity index (χ3v) is 4.65. The van der Waals surface area contributed by atoms with E-state index in [1.165, 1.54) is 17.0 Å². The van der Waals surface area contributed by atoms with Gasteiger partial charge in [-0.3, -0.25) is 9.59 Å². The Morgan fingerprint density at radius 2 is 1.83 bits per heavy atom. The summed E-state index contributed by atoms with van der Waals surface area (Å²) in [6, 6.07) is 2.97. The number of carbonyl (C=O) groups is 3. The van der Waals surface area contributed by atoms with Crippen molar-refractivity contribution in [1.29, 1.82) is 0 Å². The van der Waals surface area contributed by atoms with Crippen molar-refractivity contribution in [3.8, 4) is 0 Å². The molecule has 1 aliphatic heterocycles. The second-order valence-electron chi connectivity index (χ2n) is 4.66. The first-order valence-electron chi connectivity index (χ1n) is 5.79. The highest BCUT2D eigenvalue weighted by molar-refractivity contribution is 7.18. The van der Waals surface area contributed by atoms with Crippen molar-refractivity contribution in [3.63, 3.8) is 0 Å². The Balaban J connectivity index is 1.97. The zero-order chi connectivity index (χ0) is 12.9. The molecule has 2 bridgehead atoms. The number of thiophene rings is 1. The van der Waals surface area contributed by atoms with E-state index in [1.807, 2.05) is 0 Å². The molecular formula is C12H11NO4S. The fourth-order valence-electron chi connectivity index (χ4n) is 2.68. The van der Waals surface area contributed by atoms with Crippen LogP contribution in [-0.2, 0) is 9.59 Å². The van der Waals surface area contributed by atoms with Gasteiger partial charge in [0.25, 0.3) is 0 Å². The molecular weight excluding hydrogens is 254 g/mol. The van der Waals surface area contributed by atoms with Gasteiger partial charge in [0.2, 0.25) is 11.8 Å². The molecule has 2 unspecified atom stereocenters. The van der Waals surface area contributed by atoms with Crippen LogP contribution in [0.2, 0.25) is 0 Å². The molecule has 18 heavy (non-hydrogen) atoms. The molecule has 0 radical (unpaired) electrons. The monoisotopic (exact) mass is 265 g/mol. The minimum absolute atomic E-state index is 0.0666. The number of amides is 2. The molecule has 6 heteroatoms. The molecule has 2 atom stereocenters. The minimum Gasteiger partial charge on any atom is -0.477 e. The maximum atomic E-state index is 12.1. The number of hydrogen-bond acceptors (Lipinski definition) is 4. The fraction of sp³-hybridized carbons (Fsp3) is 0.417. The van der Waals surface area contributed by atoms with Crippen LogP contribution in [0.25, 0.3) is 0 Å². The van der Waals surface area contributed by atoms with Gasteiger partial charge in [0.15, 0.2) is 0 Å². The summed E-state index contributed by atoms with van der Waals surface area (Å²) in [6.45, 7) is 0. The van der Waals surface area contributed by atoms with E-state index in [9.17, 15) is 14.4 Å². The molecule has 94 valence electrons. The number of carboxylic acids is 1. The van der Waals surface area contributed by atoms with Crippen molar-refractivity contribution in [3.05, 3.63) is 17.0 Å². The molecule has 0 spiro atoms. The number of carbonyl (C=O) groups excluding carboxylic acids is 2. The first kappa shape index (κ1) is 11.4. The SMILES string of the molecule is O=C(O)c1ccc(N2C(=O)C3CCC(C3)C2=O)s1. The van der Waals surface area contributed by atoms with E-state index >= 15 is 0 Å². The summed E-state index contributed by atoms with van der Waals surface area (Å²) < 4.78 is 0. The number of hydrogen-bond donors (Lipinski definition) is 1. The number of carboxylic acid groups (broad SMARTS) is 1. The fourth-order valence-corrected chi connectivity index (χ4v) is 3.54. The molecule has 5 nitrogen and oxygen atoms in total. The van der Waals surface area contributed by atoms with Crippen molar-refractivity contribution in [2.45, 2.75) is 19.3 Å². The van der Waals surface area contributed by atoms with Crippen LogP contribution in [-0.4, -0.2) is 22.9 Å². The summed E-state index contributed by atoms with van der Waals surface area (Å²) in [4.78, 5) is 36.4. The molecule has 2 heterocycles. The van der Waals surface area contributed by atoms with E-state index in [1.54, 1.807) is 0 Å². The van der Waals surface area contributed by atoms with Gasteiger partial charge >= 0.3 is 5.97 Å². The summed E-state index contributed by atoms with van der Waals surface area (Å²) in [5.74, 6) is -1.52. The van der Waals surface area contributed by atoms with Crippen LogP contribution < -0.4 is 4.90 Å². The standard InChI is InChI=1S/C12H11NO4S/c14-10-6-1-2-7(5-6)11(15)13(10)9-4-3-8(18-9)12(16)17/h3-4,6-7H,1-2,5H2,(H,16,17). The zero-order valence-corrected chi connectivity index (χ0v) is 10.3. The van der Waals surface area contributed by atoms with Crippen molar-refractivity contribution in [2.24, 2.45) is 11.8 Å². The second kappa shape index (κ2) is 3.91. The molecule has 1 aromatic rings. The van der Waals surface area contributed by atoms with Crippen molar-refractivity contribution >= 4 is 34.1 Å². The highest BCUT2D eigenvalue weighted by atomic mass is 32.1. The normalized spacial score (nSPS) is 26.8.